The van der Waals surface area contributed by atoms with E-state index in [-0.39, 0.29) is 20.9 Å². The molecule has 2 unspecified atom stereocenters. The first-order valence-electron chi connectivity index (χ1n) is 10.9. The lowest BCUT2D eigenvalue weighted by molar-refractivity contribution is -0.155. The Morgan fingerprint density at radius 3 is 2.84 bits per heavy atom. The maximum atomic E-state index is 13.0. The summed E-state index contributed by atoms with van der Waals surface area (Å²) in [7, 11) is 0. The lowest BCUT2D eigenvalue weighted by Gasteiger charge is -2.50. The van der Waals surface area contributed by atoms with Gasteiger partial charge < -0.3 is 27.1 Å². The van der Waals surface area contributed by atoms with E-state index in [0.29, 0.717) is 30.0 Å². The molecular formula is C21H22ClN7O5S3. The normalized spacial score (nSPS) is 19.5. The molecule has 2 aliphatic rings. The van der Waals surface area contributed by atoms with Gasteiger partial charge in [0.1, 0.15) is 21.8 Å². The fourth-order valence-corrected chi connectivity index (χ4v) is 6.95. The first-order chi connectivity index (χ1) is 17.8. The number of fused-ring (bicyclic) bond motifs is 1. The molecule has 0 radical (unpaired) electrons. The largest absolute Gasteiger partial charge is 0.477 e. The van der Waals surface area contributed by atoms with Crippen molar-refractivity contribution in [1.29, 1.82) is 0 Å². The Labute approximate surface area is 228 Å². The number of allylic oxidation sites excluding steroid dienone is 1. The first-order valence-corrected chi connectivity index (χ1v) is 14.1. The Morgan fingerprint density at radius 2 is 2.19 bits per heavy atom. The summed E-state index contributed by atoms with van der Waals surface area (Å²) in [6.45, 7) is 0.550. The van der Waals surface area contributed by atoms with Crippen molar-refractivity contribution in [3.63, 3.8) is 0 Å². The van der Waals surface area contributed by atoms with Gasteiger partial charge in [0.05, 0.1) is 6.04 Å². The number of amides is 2. The van der Waals surface area contributed by atoms with Crippen LogP contribution in [0.15, 0.2) is 39.1 Å². The minimum atomic E-state index is -1.24. The molecule has 4 rings (SSSR count). The number of anilines is 1. The van der Waals surface area contributed by atoms with Crippen LogP contribution in [0.2, 0.25) is 4.34 Å². The highest BCUT2D eigenvalue weighted by atomic mass is 35.5. The predicted octanol–water partition coefficient (Wildman–Crippen LogP) is 1.72. The lowest BCUT2D eigenvalue weighted by atomic mass is 9.86. The van der Waals surface area contributed by atoms with Crippen LogP contribution in [-0.4, -0.2) is 73.1 Å². The molecule has 4 heterocycles. The summed E-state index contributed by atoms with van der Waals surface area (Å²) in [6, 6.07) is 0.248. The Kier molecular flexibility index (Phi) is 8.59. The van der Waals surface area contributed by atoms with Crippen molar-refractivity contribution in [1.82, 2.24) is 20.2 Å². The number of β-lactam (4-membered cyclic amide) rings is 1. The number of nitrogens with one attached hydrogen (secondary N) is 1. The molecule has 0 spiro atoms. The molecule has 0 saturated carbocycles. The van der Waals surface area contributed by atoms with Crippen molar-refractivity contribution in [3.8, 4) is 0 Å². The summed E-state index contributed by atoms with van der Waals surface area (Å²) in [4.78, 5) is 48.7. The van der Waals surface area contributed by atoms with Crippen LogP contribution < -0.4 is 16.8 Å². The number of halogens is 1. The van der Waals surface area contributed by atoms with Gasteiger partial charge in [-0.05, 0) is 24.5 Å². The smallest absolute Gasteiger partial charge is 0.353 e. The molecule has 16 heteroatoms. The van der Waals surface area contributed by atoms with Crippen molar-refractivity contribution < 1.29 is 24.7 Å². The number of thioether (sulfide) groups is 2. The van der Waals surface area contributed by atoms with Crippen LogP contribution in [0.1, 0.15) is 24.1 Å². The number of pyridine rings is 1. The molecule has 2 atom stereocenters. The van der Waals surface area contributed by atoms with Gasteiger partial charge in [-0.3, -0.25) is 19.5 Å². The molecule has 2 amide bonds. The van der Waals surface area contributed by atoms with Gasteiger partial charge in [-0.25, -0.2) is 9.78 Å². The number of thiazole rings is 1. The molecule has 12 nitrogen and oxygen atoms in total. The van der Waals surface area contributed by atoms with E-state index >= 15 is 0 Å². The molecule has 37 heavy (non-hydrogen) atoms. The monoisotopic (exact) mass is 583 g/mol. The number of aromatic nitrogens is 2. The summed E-state index contributed by atoms with van der Waals surface area (Å²) in [6.07, 6.45) is 4.19. The number of nitrogen functional groups attached to an aromatic ring is 1. The number of hydrogen-bond donors (Lipinski definition) is 5. The third kappa shape index (κ3) is 5.55. The predicted molar refractivity (Wildman–Crippen MR) is 142 cm³/mol. The van der Waals surface area contributed by atoms with E-state index in [4.69, 9.17) is 23.1 Å². The van der Waals surface area contributed by atoms with Crippen LogP contribution in [0.5, 0.6) is 0 Å². The number of carboxylic acids is 1. The van der Waals surface area contributed by atoms with E-state index in [1.54, 1.807) is 24.2 Å². The Balaban J connectivity index is 1.52. The molecule has 1 saturated heterocycles. The molecule has 0 bridgehead atoms. The molecule has 2 aromatic rings. The number of hydrogen-bond acceptors (Lipinski definition) is 12. The standard InChI is InChI=1S/C21H22ClN7O5S3/c22-17-14(27-21(24)37-17)15(28-34)18(30)26-13-10-1-2-12(16(20(32)33)29(10)19(13)31)36-11-3-5-25-7-9(11)8-35-6-4-23/h3,5,7,10,13,34H,1-2,4,6,8,23H2,(H2,24,27)(H,26,30)(H,32,33)/b28-15-. The average Bonchev–Trinajstić information content (AvgIpc) is 3.20. The van der Waals surface area contributed by atoms with Gasteiger partial charge >= 0.3 is 5.97 Å². The zero-order chi connectivity index (χ0) is 26.7. The molecule has 0 aromatic carbocycles. The molecule has 2 aromatic heterocycles. The molecule has 1 fully saturated rings. The number of carbonyl (C=O) groups is 3. The first kappa shape index (κ1) is 27.2. The van der Waals surface area contributed by atoms with Crippen LogP contribution in [0.4, 0.5) is 5.13 Å². The number of rotatable bonds is 10. The zero-order valence-electron chi connectivity index (χ0n) is 19.1. The fraction of sp³-hybridized carbons (Fsp3) is 0.333. The molecule has 7 N–H and O–H groups in total. The Morgan fingerprint density at radius 1 is 1.41 bits per heavy atom. The fourth-order valence-electron chi connectivity index (χ4n) is 4.02. The SMILES string of the molecule is NCCSCc1cnccc1SC1=C(C(=O)O)N2C(=O)C(NC(=O)/C(=N\O)c3nc(N)sc3Cl)C2CC1. The van der Waals surface area contributed by atoms with Crippen LogP contribution in [-0.2, 0) is 20.1 Å². The summed E-state index contributed by atoms with van der Waals surface area (Å²) in [5.74, 6) is -1.25. The van der Waals surface area contributed by atoms with E-state index in [2.05, 4.69) is 20.4 Å². The highest BCUT2D eigenvalue weighted by Crippen LogP contribution is 2.44. The van der Waals surface area contributed by atoms with Gasteiger partial charge in [-0.2, -0.15) is 11.8 Å². The van der Waals surface area contributed by atoms with Crippen LogP contribution in [0, 0.1) is 0 Å². The van der Waals surface area contributed by atoms with Gasteiger partial charge in [-0.1, -0.05) is 39.9 Å². The third-order valence-electron chi connectivity index (χ3n) is 5.63. The van der Waals surface area contributed by atoms with Crippen molar-refractivity contribution in [2.75, 3.05) is 18.0 Å². The maximum Gasteiger partial charge on any atom is 0.353 e. The number of nitrogens with two attached hydrogens (primary N) is 2. The van der Waals surface area contributed by atoms with Gasteiger partial charge in [0, 0.05) is 40.2 Å². The van der Waals surface area contributed by atoms with Gasteiger partial charge in [0.15, 0.2) is 10.8 Å². The van der Waals surface area contributed by atoms with E-state index in [1.807, 2.05) is 6.07 Å². The second-order valence-electron chi connectivity index (χ2n) is 7.89. The van der Waals surface area contributed by atoms with Crippen molar-refractivity contribution in [2.45, 2.75) is 35.6 Å². The highest BCUT2D eigenvalue weighted by Gasteiger charge is 2.54. The van der Waals surface area contributed by atoms with Gasteiger partial charge in [0.25, 0.3) is 11.8 Å². The number of oxime groups is 1. The van der Waals surface area contributed by atoms with E-state index in [0.717, 1.165) is 27.5 Å². The molecule has 196 valence electrons. The van der Waals surface area contributed by atoms with Gasteiger partial charge in [-0.15, -0.1) is 0 Å². The Bertz CT molecular complexity index is 1300. The summed E-state index contributed by atoms with van der Waals surface area (Å²) in [5.41, 5.74) is 11.4. The van der Waals surface area contributed by atoms with Crippen LogP contribution >= 0.6 is 46.5 Å². The minimum Gasteiger partial charge on any atom is -0.477 e. The van der Waals surface area contributed by atoms with Crippen LogP contribution in [0.3, 0.4) is 0 Å². The quantitative estimate of drug-likeness (QED) is 0.0897. The topological polar surface area (TPSA) is 197 Å². The molecule has 0 aliphatic carbocycles. The lowest BCUT2D eigenvalue weighted by Crippen LogP contribution is -2.72. The van der Waals surface area contributed by atoms with Crippen molar-refractivity contribution >= 4 is 75.1 Å². The second kappa shape index (κ2) is 11.7. The van der Waals surface area contributed by atoms with Gasteiger partial charge in [0.2, 0.25) is 0 Å². The number of nitrogens with zero attached hydrogens (tertiary/aromatic N) is 4. The second-order valence-corrected chi connectivity index (χ2v) is 11.8. The summed E-state index contributed by atoms with van der Waals surface area (Å²) >= 11 is 9.86. The highest BCUT2D eigenvalue weighted by molar-refractivity contribution is 8.03. The third-order valence-corrected chi connectivity index (χ3v) is 9.02. The average molecular weight is 584 g/mol. The van der Waals surface area contributed by atoms with E-state index in [1.165, 1.54) is 16.7 Å². The zero-order valence-corrected chi connectivity index (χ0v) is 22.3. The number of aliphatic carboxylic acids is 1. The molecule has 2 aliphatic heterocycles. The van der Waals surface area contributed by atoms with E-state index in [9.17, 15) is 24.7 Å². The van der Waals surface area contributed by atoms with Crippen molar-refractivity contribution in [2.24, 2.45) is 10.9 Å². The summed E-state index contributed by atoms with van der Waals surface area (Å²) < 4.78 is 0.0503. The maximum absolute atomic E-state index is 13.0. The number of carbonyl (C=O) groups excluding carboxylic acids is 2. The molecular weight excluding hydrogens is 562 g/mol. The van der Waals surface area contributed by atoms with Crippen LogP contribution in [0.25, 0.3) is 0 Å². The van der Waals surface area contributed by atoms with E-state index < -0.39 is 35.6 Å². The van der Waals surface area contributed by atoms with Crippen molar-refractivity contribution in [3.05, 3.63) is 44.7 Å². The minimum absolute atomic E-state index is 0.0503. The Hall–Kier alpha value is -2.85. The number of carboxylic acid groups (broad SMARTS) is 1. The summed E-state index contributed by atoms with van der Waals surface area (Å²) in [5, 5.41) is 24.9.